The van der Waals surface area contributed by atoms with Crippen molar-refractivity contribution < 1.29 is 19.6 Å². The summed E-state index contributed by atoms with van der Waals surface area (Å²) in [5.74, 6) is 0.178. The van der Waals surface area contributed by atoms with E-state index in [4.69, 9.17) is 14.8 Å². The van der Waals surface area contributed by atoms with Gasteiger partial charge in [-0.15, -0.1) is 0 Å². The van der Waals surface area contributed by atoms with Gasteiger partial charge in [-0.25, -0.2) is 4.79 Å². The summed E-state index contributed by atoms with van der Waals surface area (Å²) in [7, 11) is -1.28. The highest BCUT2D eigenvalue weighted by atomic mass is 16.6. The van der Waals surface area contributed by atoms with Crippen molar-refractivity contribution in [1.29, 1.82) is 0 Å². The molecular weight excluding hydrogens is 197 g/mol. The lowest BCUT2D eigenvalue weighted by Gasteiger charge is -2.39. The highest BCUT2D eigenvalue weighted by Gasteiger charge is 2.35. The van der Waals surface area contributed by atoms with E-state index in [-0.39, 0.29) is 12.0 Å². The first-order valence-electron chi connectivity index (χ1n) is 5.12. The van der Waals surface area contributed by atoms with Gasteiger partial charge in [0.2, 0.25) is 0 Å². The Hall–Kier alpha value is -0.745. The van der Waals surface area contributed by atoms with E-state index >= 15 is 0 Å². The standard InChI is InChI=1S/C9H18BNO4/c1-9(2,3)15-8(12)11-5-7(6-11)4-10(13)14/h7,13-14H,4-6H2,1-3H3. The van der Waals surface area contributed by atoms with Crippen molar-refractivity contribution in [2.24, 2.45) is 5.92 Å². The number of hydrogen-bond acceptors (Lipinski definition) is 4. The number of likely N-dealkylation sites (tertiary alicyclic amines) is 1. The van der Waals surface area contributed by atoms with Crippen LogP contribution in [0.3, 0.4) is 0 Å². The molecular formula is C9H18BNO4. The minimum atomic E-state index is -1.28. The van der Waals surface area contributed by atoms with Gasteiger partial charge in [-0.2, -0.15) is 0 Å². The molecule has 0 spiro atoms. The molecule has 0 saturated carbocycles. The molecule has 15 heavy (non-hydrogen) atoms. The molecule has 0 aliphatic carbocycles. The molecule has 0 unspecified atom stereocenters. The average molecular weight is 215 g/mol. The predicted octanol–water partition coefficient (Wildman–Crippen LogP) is 0.326. The van der Waals surface area contributed by atoms with E-state index in [1.165, 1.54) is 0 Å². The van der Waals surface area contributed by atoms with E-state index in [0.29, 0.717) is 19.4 Å². The summed E-state index contributed by atoms with van der Waals surface area (Å²) in [6, 6.07) is 0. The molecule has 5 nitrogen and oxygen atoms in total. The zero-order valence-electron chi connectivity index (χ0n) is 9.43. The minimum Gasteiger partial charge on any atom is -0.444 e. The van der Waals surface area contributed by atoms with E-state index in [2.05, 4.69) is 0 Å². The lowest BCUT2D eigenvalue weighted by atomic mass is 9.75. The molecule has 0 aromatic carbocycles. The van der Waals surface area contributed by atoms with Crippen LogP contribution in [0.2, 0.25) is 6.32 Å². The van der Waals surface area contributed by atoms with Gasteiger partial charge in [-0.1, -0.05) is 0 Å². The fourth-order valence-electron chi connectivity index (χ4n) is 1.49. The van der Waals surface area contributed by atoms with Gasteiger partial charge in [0.05, 0.1) is 0 Å². The van der Waals surface area contributed by atoms with Crippen molar-refractivity contribution in [2.75, 3.05) is 13.1 Å². The molecule has 1 amide bonds. The van der Waals surface area contributed by atoms with Crippen LogP contribution >= 0.6 is 0 Å². The second-order valence-corrected chi connectivity index (χ2v) is 4.97. The van der Waals surface area contributed by atoms with Crippen LogP contribution in [-0.2, 0) is 4.74 Å². The van der Waals surface area contributed by atoms with Crippen molar-refractivity contribution in [3.63, 3.8) is 0 Å². The number of carbonyl (C=O) groups is 1. The molecule has 86 valence electrons. The molecule has 1 heterocycles. The Kier molecular flexibility index (Phi) is 3.62. The third kappa shape index (κ3) is 4.09. The Morgan fingerprint density at radius 1 is 1.47 bits per heavy atom. The number of nitrogens with zero attached hydrogens (tertiary/aromatic N) is 1. The third-order valence-corrected chi connectivity index (χ3v) is 2.15. The Balaban J connectivity index is 2.24. The summed E-state index contributed by atoms with van der Waals surface area (Å²) in [5.41, 5.74) is -0.474. The maximum atomic E-state index is 11.5. The molecule has 0 aromatic rings. The topological polar surface area (TPSA) is 70.0 Å². The van der Waals surface area contributed by atoms with E-state index in [1.54, 1.807) is 4.90 Å². The molecule has 1 fully saturated rings. The number of hydrogen-bond donors (Lipinski definition) is 2. The van der Waals surface area contributed by atoms with Crippen LogP contribution in [0, 0.1) is 5.92 Å². The normalized spacial score (nSPS) is 17.3. The maximum Gasteiger partial charge on any atom is 0.451 e. The van der Waals surface area contributed by atoms with Crippen LogP contribution in [0.25, 0.3) is 0 Å². The molecule has 0 aromatic heterocycles. The van der Waals surface area contributed by atoms with Crippen molar-refractivity contribution in [2.45, 2.75) is 32.7 Å². The first-order valence-corrected chi connectivity index (χ1v) is 5.12. The number of ether oxygens (including phenoxy) is 1. The van der Waals surface area contributed by atoms with Crippen molar-refractivity contribution in [1.82, 2.24) is 4.90 Å². The third-order valence-electron chi connectivity index (χ3n) is 2.15. The molecule has 0 atom stereocenters. The van der Waals surface area contributed by atoms with Crippen molar-refractivity contribution in [3.05, 3.63) is 0 Å². The maximum absolute atomic E-state index is 11.5. The fourth-order valence-corrected chi connectivity index (χ4v) is 1.49. The number of amides is 1. The highest BCUT2D eigenvalue weighted by Crippen LogP contribution is 2.22. The van der Waals surface area contributed by atoms with Crippen LogP contribution in [0.15, 0.2) is 0 Å². The van der Waals surface area contributed by atoms with Gasteiger partial charge in [-0.05, 0) is 33.0 Å². The Morgan fingerprint density at radius 3 is 2.40 bits per heavy atom. The first kappa shape index (κ1) is 12.3. The molecule has 1 saturated heterocycles. The summed E-state index contributed by atoms with van der Waals surface area (Å²) in [6.45, 7) is 6.55. The van der Waals surface area contributed by atoms with E-state index in [9.17, 15) is 4.79 Å². The second-order valence-electron chi connectivity index (χ2n) is 4.97. The van der Waals surface area contributed by atoms with Gasteiger partial charge in [0.1, 0.15) is 5.60 Å². The molecule has 0 bridgehead atoms. The summed E-state index contributed by atoms with van der Waals surface area (Å²) >= 11 is 0. The molecule has 2 N–H and O–H groups in total. The zero-order valence-corrected chi connectivity index (χ0v) is 9.43. The van der Waals surface area contributed by atoms with Crippen LogP contribution in [0.4, 0.5) is 4.79 Å². The van der Waals surface area contributed by atoms with E-state index < -0.39 is 12.7 Å². The lowest BCUT2D eigenvalue weighted by Crippen LogP contribution is -2.52. The predicted molar refractivity (Wildman–Crippen MR) is 56.3 cm³/mol. The Morgan fingerprint density at radius 2 is 2.00 bits per heavy atom. The van der Waals surface area contributed by atoms with E-state index in [0.717, 1.165) is 0 Å². The SMILES string of the molecule is CC(C)(C)OC(=O)N1CC(CB(O)O)C1. The average Bonchev–Trinajstić information content (AvgIpc) is 1.91. The first-order chi connectivity index (χ1) is 6.78. The molecule has 6 heteroatoms. The molecule has 0 radical (unpaired) electrons. The highest BCUT2D eigenvalue weighted by molar-refractivity contribution is 6.41. The molecule has 1 rings (SSSR count). The minimum absolute atomic E-state index is 0.178. The van der Waals surface area contributed by atoms with Crippen LogP contribution in [0.5, 0.6) is 0 Å². The van der Waals surface area contributed by atoms with Crippen LogP contribution in [0.1, 0.15) is 20.8 Å². The Bertz CT molecular complexity index is 233. The monoisotopic (exact) mass is 215 g/mol. The van der Waals surface area contributed by atoms with Crippen molar-refractivity contribution >= 4 is 13.2 Å². The smallest absolute Gasteiger partial charge is 0.444 e. The van der Waals surface area contributed by atoms with Crippen molar-refractivity contribution in [3.8, 4) is 0 Å². The summed E-state index contributed by atoms with van der Waals surface area (Å²) in [5, 5.41) is 17.4. The fraction of sp³-hybridized carbons (Fsp3) is 0.889. The molecule has 1 aliphatic heterocycles. The van der Waals surface area contributed by atoms with E-state index in [1.807, 2.05) is 20.8 Å². The molecule has 1 aliphatic rings. The van der Waals surface area contributed by atoms with Crippen LogP contribution < -0.4 is 0 Å². The van der Waals surface area contributed by atoms with Gasteiger partial charge in [-0.3, -0.25) is 0 Å². The summed E-state index contributed by atoms with van der Waals surface area (Å²) in [6.07, 6.45) is -0.00886. The summed E-state index contributed by atoms with van der Waals surface area (Å²) in [4.78, 5) is 13.0. The van der Waals surface area contributed by atoms with Gasteiger partial charge in [0, 0.05) is 13.1 Å². The summed E-state index contributed by atoms with van der Waals surface area (Å²) < 4.78 is 5.16. The van der Waals surface area contributed by atoms with Gasteiger partial charge in [0.15, 0.2) is 0 Å². The number of rotatable bonds is 2. The van der Waals surface area contributed by atoms with Crippen LogP contribution in [-0.4, -0.2) is 46.9 Å². The zero-order chi connectivity index (χ0) is 11.6. The van der Waals surface area contributed by atoms with Gasteiger partial charge < -0.3 is 19.7 Å². The quantitative estimate of drug-likeness (QED) is 0.651. The lowest BCUT2D eigenvalue weighted by molar-refractivity contribution is 0.000781. The Labute approximate surface area is 90.2 Å². The van der Waals surface area contributed by atoms with Gasteiger partial charge in [0.25, 0.3) is 0 Å². The largest absolute Gasteiger partial charge is 0.451 e. The number of carbonyl (C=O) groups excluding carboxylic acids is 1. The second kappa shape index (κ2) is 4.41. The van der Waals surface area contributed by atoms with Gasteiger partial charge >= 0.3 is 13.2 Å².